The smallest absolute Gasteiger partial charge is 0.256 e. The van der Waals surface area contributed by atoms with Gasteiger partial charge in [0, 0.05) is 41.9 Å². The van der Waals surface area contributed by atoms with Crippen molar-refractivity contribution >= 4 is 23.3 Å². The van der Waals surface area contributed by atoms with Gasteiger partial charge in [-0.15, -0.1) is 0 Å². The number of hydrogen-bond acceptors (Lipinski definition) is 4. The van der Waals surface area contributed by atoms with Gasteiger partial charge in [-0.3, -0.25) is 14.3 Å². The fourth-order valence-electron chi connectivity index (χ4n) is 3.42. The van der Waals surface area contributed by atoms with Gasteiger partial charge in [0.25, 0.3) is 11.8 Å². The highest BCUT2D eigenvalue weighted by Crippen LogP contribution is 2.24. The summed E-state index contributed by atoms with van der Waals surface area (Å²) in [6.07, 6.45) is 5.27. The molecule has 7 heteroatoms. The normalized spacial score (nSPS) is 13.1. The van der Waals surface area contributed by atoms with Crippen LogP contribution in [0, 0.1) is 0 Å². The van der Waals surface area contributed by atoms with Gasteiger partial charge in [0.2, 0.25) is 0 Å². The lowest BCUT2D eigenvalue weighted by Gasteiger charge is -2.13. The Morgan fingerprint density at radius 2 is 1.75 bits per heavy atom. The SMILES string of the molecule is COC1=CC(C(=O)Nc2ccc(-c3cc(NC(=O)c4ccccc4)n(C)n3)cc2)=CCC1. The van der Waals surface area contributed by atoms with Gasteiger partial charge in [-0.05, 0) is 36.8 Å². The first-order valence-electron chi connectivity index (χ1n) is 10.3. The number of ether oxygens (including phenoxy) is 1. The maximum absolute atomic E-state index is 12.5. The molecule has 7 nitrogen and oxygen atoms in total. The Balaban J connectivity index is 1.44. The minimum Gasteiger partial charge on any atom is -0.501 e. The summed E-state index contributed by atoms with van der Waals surface area (Å²) in [4.78, 5) is 24.9. The number of methoxy groups -OCH3 is 1. The summed E-state index contributed by atoms with van der Waals surface area (Å²) in [5, 5.41) is 10.3. The van der Waals surface area contributed by atoms with E-state index in [1.807, 2.05) is 54.6 Å². The number of nitrogens with one attached hydrogen (secondary N) is 2. The van der Waals surface area contributed by atoms with Crippen molar-refractivity contribution in [1.29, 1.82) is 0 Å². The number of carbonyl (C=O) groups excluding carboxylic acids is 2. The topological polar surface area (TPSA) is 85.3 Å². The van der Waals surface area contributed by atoms with E-state index in [0.29, 0.717) is 22.6 Å². The molecule has 1 heterocycles. The first-order valence-corrected chi connectivity index (χ1v) is 10.3. The molecular formula is C25H24N4O3. The maximum atomic E-state index is 12.5. The Kier molecular flexibility index (Phi) is 6.17. The maximum Gasteiger partial charge on any atom is 0.256 e. The number of aromatic nitrogens is 2. The zero-order valence-electron chi connectivity index (χ0n) is 18.0. The molecule has 0 spiro atoms. The van der Waals surface area contributed by atoms with Crippen LogP contribution < -0.4 is 10.6 Å². The van der Waals surface area contributed by atoms with Crippen LogP contribution in [0.3, 0.4) is 0 Å². The van der Waals surface area contributed by atoms with Gasteiger partial charge in [-0.2, -0.15) is 5.10 Å². The van der Waals surface area contributed by atoms with Crippen LogP contribution in [0.4, 0.5) is 11.5 Å². The van der Waals surface area contributed by atoms with Crippen LogP contribution in [-0.2, 0) is 16.6 Å². The molecule has 4 rings (SSSR count). The lowest BCUT2D eigenvalue weighted by Crippen LogP contribution is -2.15. The van der Waals surface area contributed by atoms with Crippen LogP contribution in [0.25, 0.3) is 11.3 Å². The number of hydrogen-bond donors (Lipinski definition) is 2. The lowest BCUT2D eigenvalue weighted by molar-refractivity contribution is -0.112. The van der Waals surface area contributed by atoms with Crippen LogP contribution >= 0.6 is 0 Å². The molecule has 1 aliphatic carbocycles. The highest BCUT2D eigenvalue weighted by atomic mass is 16.5. The highest BCUT2D eigenvalue weighted by molar-refractivity contribution is 6.06. The third-order valence-electron chi connectivity index (χ3n) is 5.19. The first-order chi connectivity index (χ1) is 15.5. The molecule has 3 aromatic rings. The van der Waals surface area contributed by atoms with E-state index in [-0.39, 0.29) is 11.8 Å². The predicted octanol–water partition coefficient (Wildman–Crippen LogP) is 4.53. The number of amides is 2. The van der Waals surface area contributed by atoms with Gasteiger partial charge in [0.1, 0.15) is 5.82 Å². The van der Waals surface area contributed by atoms with Crippen molar-refractivity contribution in [3.05, 3.63) is 89.7 Å². The largest absolute Gasteiger partial charge is 0.501 e. The number of rotatable bonds is 6. The van der Waals surface area contributed by atoms with E-state index in [2.05, 4.69) is 15.7 Å². The molecule has 1 aliphatic rings. The summed E-state index contributed by atoms with van der Waals surface area (Å²) in [7, 11) is 3.39. The number of anilines is 2. The molecule has 0 unspecified atom stereocenters. The number of benzene rings is 2. The van der Waals surface area contributed by atoms with E-state index < -0.39 is 0 Å². The second kappa shape index (κ2) is 9.34. The van der Waals surface area contributed by atoms with Crippen molar-refractivity contribution in [2.24, 2.45) is 7.05 Å². The van der Waals surface area contributed by atoms with Crippen molar-refractivity contribution in [2.75, 3.05) is 17.7 Å². The van der Waals surface area contributed by atoms with E-state index >= 15 is 0 Å². The van der Waals surface area contributed by atoms with E-state index in [9.17, 15) is 9.59 Å². The van der Waals surface area contributed by atoms with Gasteiger partial charge < -0.3 is 15.4 Å². The number of allylic oxidation sites excluding steroid dienone is 2. The molecular weight excluding hydrogens is 404 g/mol. The van der Waals surface area contributed by atoms with Crippen LogP contribution in [0.5, 0.6) is 0 Å². The summed E-state index contributed by atoms with van der Waals surface area (Å²) in [5.41, 5.74) is 3.45. The Labute approximate surface area is 186 Å². The third-order valence-corrected chi connectivity index (χ3v) is 5.19. The van der Waals surface area contributed by atoms with Crippen LogP contribution in [-0.4, -0.2) is 28.7 Å². The zero-order chi connectivity index (χ0) is 22.5. The van der Waals surface area contributed by atoms with E-state index in [1.165, 1.54) is 0 Å². The van der Waals surface area contributed by atoms with Crippen LogP contribution in [0.1, 0.15) is 23.2 Å². The molecule has 0 saturated heterocycles. The quantitative estimate of drug-likeness (QED) is 0.604. The molecule has 0 fully saturated rings. The highest BCUT2D eigenvalue weighted by Gasteiger charge is 2.14. The molecule has 2 N–H and O–H groups in total. The second-order valence-corrected chi connectivity index (χ2v) is 7.40. The van der Waals surface area contributed by atoms with Gasteiger partial charge in [-0.1, -0.05) is 36.4 Å². The Hall–Kier alpha value is -4.13. The number of aryl methyl sites for hydroxylation is 1. The summed E-state index contributed by atoms with van der Waals surface area (Å²) in [6, 6.07) is 18.3. The molecule has 0 radical (unpaired) electrons. The van der Waals surface area contributed by atoms with Crippen molar-refractivity contribution in [2.45, 2.75) is 12.8 Å². The van der Waals surface area contributed by atoms with Crippen molar-refractivity contribution in [1.82, 2.24) is 9.78 Å². The van der Waals surface area contributed by atoms with Gasteiger partial charge in [-0.25, -0.2) is 0 Å². The van der Waals surface area contributed by atoms with Gasteiger partial charge >= 0.3 is 0 Å². The Bertz CT molecular complexity index is 1190. The molecule has 162 valence electrons. The van der Waals surface area contributed by atoms with Crippen molar-refractivity contribution < 1.29 is 14.3 Å². The molecule has 2 amide bonds. The summed E-state index contributed by atoms with van der Waals surface area (Å²) in [6.45, 7) is 0. The molecule has 0 aliphatic heterocycles. The molecule has 2 aromatic carbocycles. The minimum absolute atomic E-state index is 0.171. The Morgan fingerprint density at radius 3 is 2.47 bits per heavy atom. The van der Waals surface area contributed by atoms with Crippen LogP contribution in [0.2, 0.25) is 0 Å². The minimum atomic E-state index is -0.194. The molecule has 1 aromatic heterocycles. The van der Waals surface area contributed by atoms with Gasteiger partial charge in [0.15, 0.2) is 0 Å². The van der Waals surface area contributed by atoms with Crippen molar-refractivity contribution in [3.63, 3.8) is 0 Å². The second-order valence-electron chi connectivity index (χ2n) is 7.40. The van der Waals surface area contributed by atoms with Crippen LogP contribution in [0.15, 0.2) is 84.1 Å². The van der Waals surface area contributed by atoms with Crippen molar-refractivity contribution in [3.8, 4) is 11.3 Å². The zero-order valence-corrected chi connectivity index (χ0v) is 18.0. The standard InChI is InChI=1S/C25H24N4O3/c1-29-23(27-24(30)18-7-4-3-5-8-18)16-22(28-29)17-11-13-20(14-12-17)26-25(31)19-9-6-10-21(15-19)32-2/h3-5,7-9,11-16H,6,10H2,1-2H3,(H,26,31)(H,27,30). The Morgan fingerprint density at radius 1 is 1.00 bits per heavy atom. The van der Waals surface area contributed by atoms with E-state index in [1.54, 1.807) is 37.0 Å². The van der Waals surface area contributed by atoms with E-state index in [4.69, 9.17) is 4.74 Å². The average molecular weight is 428 g/mol. The number of nitrogens with zero attached hydrogens (tertiary/aromatic N) is 2. The summed E-state index contributed by atoms with van der Waals surface area (Å²) in [5.74, 6) is 1.03. The lowest BCUT2D eigenvalue weighted by atomic mass is 10.0. The molecule has 0 saturated carbocycles. The average Bonchev–Trinajstić information content (AvgIpc) is 3.20. The first kappa shape index (κ1) is 21.1. The summed E-state index contributed by atoms with van der Waals surface area (Å²) < 4.78 is 6.88. The summed E-state index contributed by atoms with van der Waals surface area (Å²) >= 11 is 0. The number of carbonyl (C=O) groups is 2. The fourth-order valence-corrected chi connectivity index (χ4v) is 3.42. The third kappa shape index (κ3) is 4.78. The molecule has 0 atom stereocenters. The molecule has 32 heavy (non-hydrogen) atoms. The van der Waals surface area contributed by atoms with E-state index in [0.717, 1.165) is 29.9 Å². The van der Waals surface area contributed by atoms with Gasteiger partial charge in [0.05, 0.1) is 18.6 Å². The monoisotopic (exact) mass is 428 g/mol. The predicted molar refractivity (Wildman–Crippen MR) is 124 cm³/mol. The molecule has 0 bridgehead atoms. The fraction of sp³-hybridized carbons (Fsp3) is 0.160.